The van der Waals surface area contributed by atoms with Crippen LogP contribution in [-0.4, -0.2) is 0 Å². The third-order valence-electron chi connectivity index (χ3n) is 13.0. The van der Waals surface area contributed by atoms with E-state index in [2.05, 4.69) is 218 Å². The molecule has 1 heteroatoms. The number of rotatable bonds is 4. The van der Waals surface area contributed by atoms with E-state index in [1.165, 1.54) is 129 Å². The molecule has 0 saturated heterocycles. The first-order valence-electron chi connectivity index (χ1n) is 21.1. The van der Waals surface area contributed by atoms with Crippen LogP contribution in [0, 0.1) is 0 Å². The molecule has 61 heavy (non-hydrogen) atoms. The van der Waals surface area contributed by atoms with Gasteiger partial charge in [-0.25, -0.2) is 0 Å². The normalized spacial score (nSPS) is 11.9. The van der Waals surface area contributed by atoms with Crippen LogP contribution >= 0.6 is 11.3 Å². The van der Waals surface area contributed by atoms with Crippen molar-refractivity contribution in [3.05, 3.63) is 218 Å². The van der Waals surface area contributed by atoms with E-state index in [9.17, 15) is 0 Å². The highest BCUT2D eigenvalue weighted by Gasteiger charge is 2.21. The Bertz CT molecular complexity index is 3560. The monoisotopic (exact) mass is 788 g/mol. The van der Waals surface area contributed by atoms with Crippen molar-refractivity contribution in [3.8, 4) is 44.5 Å². The van der Waals surface area contributed by atoms with Gasteiger partial charge in [-0.2, -0.15) is 0 Å². The second-order valence-electron chi connectivity index (χ2n) is 16.3. The quantitative estimate of drug-likeness (QED) is 0.156. The zero-order chi connectivity index (χ0) is 40.0. The lowest BCUT2D eigenvalue weighted by molar-refractivity contribution is 1.69. The van der Waals surface area contributed by atoms with Crippen molar-refractivity contribution in [2.75, 3.05) is 0 Å². The number of benzene rings is 12. The average molecular weight is 789 g/mol. The maximum atomic E-state index is 2.46. The van der Waals surface area contributed by atoms with Gasteiger partial charge in [0.05, 0.1) is 0 Å². The van der Waals surface area contributed by atoms with Gasteiger partial charge in [0.25, 0.3) is 0 Å². The summed E-state index contributed by atoms with van der Waals surface area (Å²) in [5.74, 6) is 0. The predicted molar refractivity (Wildman–Crippen MR) is 266 cm³/mol. The fourth-order valence-corrected chi connectivity index (χ4v) is 11.5. The van der Waals surface area contributed by atoms with Gasteiger partial charge in [-0.1, -0.05) is 194 Å². The molecule has 0 N–H and O–H groups in total. The van der Waals surface area contributed by atoms with Crippen LogP contribution in [0.5, 0.6) is 0 Å². The molecule has 0 saturated carbocycles. The minimum absolute atomic E-state index is 1.24. The van der Waals surface area contributed by atoms with E-state index >= 15 is 0 Å². The van der Waals surface area contributed by atoms with Crippen molar-refractivity contribution < 1.29 is 0 Å². The van der Waals surface area contributed by atoms with Crippen molar-refractivity contribution in [1.82, 2.24) is 0 Å². The minimum atomic E-state index is 1.24. The standard InChI is InChI=1S/C60H36S/c1-3-19-41-37(15-1)17-13-29-43(41)59-49-25-9-5-21-45(49)57(46-22-6-10-26-50(46)59)39-31-33-55-53(35-39)54-36-40(32-34-56(54)61-55)58-47-23-7-11-27-51(47)60(52-28-12-8-24-48(52)58)44-30-14-18-38-16-2-4-20-42(38)44/h1-36H. The molecule has 1 aromatic heterocycles. The smallest absolute Gasteiger partial charge is 0.0355 e. The van der Waals surface area contributed by atoms with Crippen LogP contribution in [0.3, 0.4) is 0 Å². The molecule has 0 aliphatic carbocycles. The molecule has 0 amide bonds. The number of hydrogen-bond donors (Lipinski definition) is 0. The van der Waals surface area contributed by atoms with E-state index in [1.807, 2.05) is 11.3 Å². The number of thiophene rings is 1. The molecule has 0 bridgehead atoms. The van der Waals surface area contributed by atoms with Gasteiger partial charge in [-0.3, -0.25) is 0 Å². The molecule has 13 rings (SSSR count). The fraction of sp³-hybridized carbons (Fsp3) is 0. The van der Waals surface area contributed by atoms with Gasteiger partial charge in [0.15, 0.2) is 0 Å². The first kappa shape index (κ1) is 34.3. The largest absolute Gasteiger partial charge is 0.135 e. The van der Waals surface area contributed by atoms with Crippen LogP contribution in [0.4, 0.5) is 0 Å². The van der Waals surface area contributed by atoms with Crippen LogP contribution in [0.2, 0.25) is 0 Å². The summed E-state index contributed by atoms with van der Waals surface area (Å²) in [6.45, 7) is 0. The predicted octanol–water partition coefficient (Wildman–Crippen LogP) is 17.6. The fourth-order valence-electron chi connectivity index (χ4n) is 10.4. The molecule has 0 spiro atoms. The number of hydrogen-bond acceptors (Lipinski definition) is 1. The van der Waals surface area contributed by atoms with E-state index in [1.54, 1.807) is 0 Å². The zero-order valence-corrected chi connectivity index (χ0v) is 34.0. The van der Waals surface area contributed by atoms with Crippen LogP contribution in [0.15, 0.2) is 218 Å². The Morgan fingerprint density at radius 1 is 0.213 bits per heavy atom. The summed E-state index contributed by atoms with van der Waals surface area (Å²) in [5.41, 5.74) is 10.2. The van der Waals surface area contributed by atoms with E-state index in [0.717, 1.165) is 0 Å². The van der Waals surface area contributed by atoms with Gasteiger partial charge < -0.3 is 0 Å². The van der Waals surface area contributed by atoms with E-state index in [4.69, 9.17) is 0 Å². The molecule has 0 nitrogen and oxygen atoms in total. The first-order chi connectivity index (χ1) is 30.3. The molecule has 1 heterocycles. The van der Waals surface area contributed by atoms with Crippen LogP contribution in [-0.2, 0) is 0 Å². The summed E-state index contributed by atoms with van der Waals surface area (Å²) in [5, 5.41) is 17.8. The van der Waals surface area contributed by atoms with Gasteiger partial charge in [-0.05, 0) is 133 Å². The average Bonchev–Trinajstić information content (AvgIpc) is 3.69. The van der Waals surface area contributed by atoms with Gasteiger partial charge >= 0.3 is 0 Å². The highest BCUT2D eigenvalue weighted by Crippen LogP contribution is 2.49. The van der Waals surface area contributed by atoms with Gasteiger partial charge in [0.2, 0.25) is 0 Å². The highest BCUT2D eigenvalue weighted by molar-refractivity contribution is 7.25. The second kappa shape index (κ2) is 13.5. The van der Waals surface area contributed by atoms with Gasteiger partial charge in [-0.15, -0.1) is 11.3 Å². The van der Waals surface area contributed by atoms with Crippen molar-refractivity contribution in [2.24, 2.45) is 0 Å². The van der Waals surface area contributed by atoms with Crippen molar-refractivity contribution in [2.45, 2.75) is 0 Å². The van der Waals surface area contributed by atoms with Crippen molar-refractivity contribution >= 4 is 96.1 Å². The number of fused-ring (bicyclic) bond motifs is 9. The molecule has 0 aliphatic heterocycles. The maximum absolute atomic E-state index is 2.46. The summed E-state index contributed by atoms with van der Waals surface area (Å²) >= 11 is 1.89. The molecule has 0 aliphatic rings. The lowest BCUT2D eigenvalue weighted by atomic mass is 9.84. The van der Waals surface area contributed by atoms with Gasteiger partial charge in [0, 0.05) is 20.2 Å². The van der Waals surface area contributed by atoms with Gasteiger partial charge in [0.1, 0.15) is 0 Å². The Hall–Kier alpha value is -7.58. The Labute approximate surface area is 357 Å². The third-order valence-corrected chi connectivity index (χ3v) is 14.2. The Kier molecular flexibility index (Phi) is 7.58. The van der Waals surface area contributed by atoms with E-state index in [0.29, 0.717) is 0 Å². The van der Waals surface area contributed by atoms with Crippen molar-refractivity contribution in [3.63, 3.8) is 0 Å². The molecule has 0 radical (unpaired) electrons. The van der Waals surface area contributed by atoms with E-state index in [-0.39, 0.29) is 0 Å². The second-order valence-corrected chi connectivity index (χ2v) is 17.3. The lowest BCUT2D eigenvalue weighted by Crippen LogP contribution is -1.91. The Balaban J connectivity index is 1.05. The topological polar surface area (TPSA) is 0 Å². The first-order valence-corrected chi connectivity index (χ1v) is 21.9. The SMILES string of the molecule is c1ccc2c(-c3c4ccccc4c(-c4ccc5sc6ccc(-c7c8ccccc8c(-c8cccc9ccccc89)c8ccccc78)cc6c5c4)c4ccccc34)cccc2c1. The third kappa shape index (κ3) is 5.18. The zero-order valence-electron chi connectivity index (χ0n) is 33.2. The van der Waals surface area contributed by atoms with Crippen LogP contribution in [0.1, 0.15) is 0 Å². The molecule has 0 fully saturated rings. The van der Waals surface area contributed by atoms with Crippen LogP contribution < -0.4 is 0 Å². The summed E-state index contributed by atoms with van der Waals surface area (Å²) in [6, 6.07) is 81.3. The lowest BCUT2D eigenvalue weighted by Gasteiger charge is -2.19. The van der Waals surface area contributed by atoms with E-state index < -0.39 is 0 Å². The molecule has 12 aromatic carbocycles. The molecule has 0 atom stereocenters. The van der Waals surface area contributed by atoms with Crippen molar-refractivity contribution in [1.29, 1.82) is 0 Å². The highest BCUT2D eigenvalue weighted by atomic mass is 32.1. The molecule has 13 aromatic rings. The van der Waals surface area contributed by atoms with Crippen LogP contribution in [0.25, 0.3) is 129 Å². The summed E-state index contributed by atoms with van der Waals surface area (Å²) in [7, 11) is 0. The summed E-state index contributed by atoms with van der Waals surface area (Å²) in [6.07, 6.45) is 0. The Morgan fingerprint density at radius 2 is 0.508 bits per heavy atom. The molecule has 282 valence electrons. The molecule has 0 unspecified atom stereocenters. The minimum Gasteiger partial charge on any atom is -0.135 e. The summed E-state index contributed by atoms with van der Waals surface area (Å²) < 4.78 is 2.61. The maximum Gasteiger partial charge on any atom is 0.0355 e. The Morgan fingerprint density at radius 3 is 0.869 bits per heavy atom. The molecular weight excluding hydrogens is 753 g/mol. The summed E-state index contributed by atoms with van der Waals surface area (Å²) in [4.78, 5) is 0. The molecular formula is C60H36S.